The molecule has 1 aliphatic carbocycles. The van der Waals surface area contributed by atoms with Crippen molar-refractivity contribution in [1.82, 2.24) is 9.55 Å². The molecule has 0 atom stereocenters. The molecule has 150 valence electrons. The molecular weight excluding hydrogens is 480 g/mol. The number of aryl methyl sites for hydroxylation is 2. The molecule has 2 aromatic carbocycles. The number of benzene rings is 2. The van der Waals surface area contributed by atoms with E-state index in [2.05, 4.69) is 15.9 Å². The van der Waals surface area contributed by atoms with Crippen LogP contribution in [-0.2, 0) is 12.8 Å². The predicted octanol–water partition coefficient (Wildman–Crippen LogP) is 5.67. The van der Waals surface area contributed by atoms with Gasteiger partial charge >= 0.3 is 0 Å². The normalized spacial score (nSPS) is 13.0. The van der Waals surface area contributed by atoms with Crippen LogP contribution in [0.15, 0.2) is 69.0 Å². The van der Waals surface area contributed by atoms with Crippen LogP contribution in [0.3, 0.4) is 0 Å². The summed E-state index contributed by atoms with van der Waals surface area (Å²) in [4.78, 5) is 33.1. The van der Waals surface area contributed by atoms with Gasteiger partial charge in [-0.3, -0.25) is 14.2 Å². The molecule has 1 aliphatic rings. The highest BCUT2D eigenvalue weighted by atomic mass is 79.9. The predicted molar refractivity (Wildman–Crippen MR) is 126 cm³/mol. The molecule has 0 bridgehead atoms. The van der Waals surface area contributed by atoms with Gasteiger partial charge in [-0.15, -0.1) is 11.3 Å². The van der Waals surface area contributed by atoms with Crippen molar-refractivity contribution in [2.24, 2.45) is 0 Å². The Morgan fingerprint density at radius 1 is 1.10 bits per heavy atom. The first-order valence-corrected chi connectivity index (χ1v) is 12.3. The van der Waals surface area contributed by atoms with Crippen LogP contribution in [-0.4, -0.2) is 21.1 Å². The van der Waals surface area contributed by atoms with Gasteiger partial charge in [-0.25, -0.2) is 4.98 Å². The molecule has 0 amide bonds. The summed E-state index contributed by atoms with van der Waals surface area (Å²) in [6.45, 7) is 0. The van der Waals surface area contributed by atoms with Crippen molar-refractivity contribution >= 4 is 55.0 Å². The molecule has 2 heterocycles. The molecule has 0 fully saturated rings. The number of nitrogens with zero attached hydrogens (tertiary/aromatic N) is 2. The molecule has 4 aromatic rings. The van der Waals surface area contributed by atoms with Gasteiger partial charge < -0.3 is 0 Å². The van der Waals surface area contributed by atoms with E-state index in [1.54, 1.807) is 28.0 Å². The maximum Gasteiger partial charge on any atom is 0.267 e. The summed E-state index contributed by atoms with van der Waals surface area (Å²) >= 11 is 6.33. The van der Waals surface area contributed by atoms with Gasteiger partial charge in [-0.1, -0.05) is 58.0 Å². The van der Waals surface area contributed by atoms with E-state index in [4.69, 9.17) is 4.98 Å². The van der Waals surface area contributed by atoms with Crippen LogP contribution in [0.1, 0.15) is 27.2 Å². The number of fused-ring (bicyclic) bond motifs is 3. The highest BCUT2D eigenvalue weighted by molar-refractivity contribution is 9.10. The van der Waals surface area contributed by atoms with E-state index >= 15 is 0 Å². The van der Waals surface area contributed by atoms with Crippen molar-refractivity contribution in [1.29, 1.82) is 0 Å². The Bertz CT molecular complexity index is 1310. The fraction of sp³-hybridized carbons (Fsp3) is 0.174. The third kappa shape index (κ3) is 3.55. The van der Waals surface area contributed by atoms with Gasteiger partial charge in [0.25, 0.3) is 5.56 Å². The molecule has 30 heavy (non-hydrogen) atoms. The largest absolute Gasteiger partial charge is 0.293 e. The number of thiophene rings is 1. The Kier molecular flexibility index (Phi) is 5.35. The molecule has 2 aromatic heterocycles. The SMILES string of the molecule is O=C(CSc1nc2sc3c(c2c(=O)n1-c1ccccc1)CCC3)c1ccc(Br)cc1. The maximum absolute atomic E-state index is 13.5. The highest BCUT2D eigenvalue weighted by Gasteiger charge is 2.24. The second kappa shape index (κ2) is 8.13. The Morgan fingerprint density at radius 3 is 2.63 bits per heavy atom. The summed E-state index contributed by atoms with van der Waals surface area (Å²) < 4.78 is 2.59. The van der Waals surface area contributed by atoms with Crippen molar-refractivity contribution in [3.63, 3.8) is 0 Å². The minimum Gasteiger partial charge on any atom is -0.293 e. The fourth-order valence-corrected chi connectivity index (χ4v) is 6.25. The molecule has 4 nitrogen and oxygen atoms in total. The number of halogens is 1. The van der Waals surface area contributed by atoms with Crippen LogP contribution in [0.5, 0.6) is 0 Å². The fourth-order valence-electron chi connectivity index (χ4n) is 3.78. The number of hydrogen-bond donors (Lipinski definition) is 0. The van der Waals surface area contributed by atoms with Gasteiger partial charge in [0.2, 0.25) is 0 Å². The second-order valence-corrected chi connectivity index (χ2v) is 10.1. The average molecular weight is 497 g/mol. The maximum atomic E-state index is 13.5. The number of carbonyl (C=O) groups is 1. The first-order chi connectivity index (χ1) is 14.6. The van der Waals surface area contributed by atoms with Crippen molar-refractivity contribution in [2.75, 3.05) is 5.75 Å². The lowest BCUT2D eigenvalue weighted by atomic mass is 10.2. The van der Waals surface area contributed by atoms with Crippen LogP contribution in [0, 0.1) is 0 Å². The average Bonchev–Trinajstić information content (AvgIpc) is 3.34. The summed E-state index contributed by atoms with van der Waals surface area (Å²) in [6.07, 6.45) is 3.06. The van der Waals surface area contributed by atoms with Gasteiger partial charge in [0.15, 0.2) is 10.9 Å². The zero-order valence-corrected chi connectivity index (χ0v) is 19.1. The topological polar surface area (TPSA) is 52.0 Å². The number of hydrogen-bond acceptors (Lipinski definition) is 5. The zero-order valence-electron chi connectivity index (χ0n) is 15.9. The van der Waals surface area contributed by atoms with Crippen LogP contribution < -0.4 is 5.56 Å². The summed E-state index contributed by atoms with van der Waals surface area (Å²) in [5.74, 6) is 0.229. The number of rotatable bonds is 5. The van der Waals surface area contributed by atoms with Gasteiger partial charge in [0.1, 0.15) is 4.83 Å². The van der Waals surface area contributed by atoms with Crippen LogP contribution in [0.25, 0.3) is 15.9 Å². The van der Waals surface area contributed by atoms with Crippen LogP contribution in [0.4, 0.5) is 0 Å². The van der Waals surface area contributed by atoms with E-state index in [0.29, 0.717) is 10.7 Å². The molecule has 0 radical (unpaired) electrons. The van der Waals surface area contributed by atoms with E-state index in [9.17, 15) is 9.59 Å². The minimum atomic E-state index is -0.0378. The Balaban J connectivity index is 1.57. The summed E-state index contributed by atoms with van der Waals surface area (Å²) in [5, 5.41) is 1.31. The first kappa shape index (κ1) is 19.7. The van der Waals surface area contributed by atoms with Crippen molar-refractivity contribution in [2.45, 2.75) is 24.4 Å². The number of ketones is 1. The van der Waals surface area contributed by atoms with E-state index in [-0.39, 0.29) is 17.1 Å². The molecule has 0 aliphatic heterocycles. The number of para-hydroxylation sites is 1. The Labute approximate surface area is 190 Å². The monoisotopic (exact) mass is 496 g/mol. The van der Waals surface area contributed by atoms with Crippen molar-refractivity contribution < 1.29 is 4.79 Å². The Morgan fingerprint density at radius 2 is 1.87 bits per heavy atom. The van der Waals surface area contributed by atoms with Crippen LogP contribution >= 0.6 is 39.0 Å². The lowest BCUT2D eigenvalue weighted by Crippen LogP contribution is -2.22. The zero-order chi connectivity index (χ0) is 20.7. The molecule has 0 N–H and O–H groups in total. The highest BCUT2D eigenvalue weighted by Crippen LogP contribution is 2.36. The van der Waals surface area contributed by atoms with Crippen molar-refractivity contribution in [3.05, 3.63) is 85.4 Å². The van der Waals surface area contributed by atoms with Gasteiger partial charge in [-0.05, 0) is 49.1 Å². The van der Waals surface area contributed by atoms with E-state index in [1.165, 1.54) is 22.2 Å². The smallest absolute Gasteiger partial charge is 0.267 e. The summed E-state index contributed by atoms with van der Waals surface area (Å²) in [5.41, 5.74) is 2.55. The quantitative estimate of drug-likeness (QED) is 0.203. The number of aromatic nitrogens is 2. The van der Waals surface area contributed by atoms with Crippen LogP contribution in [0.2, 0.25) is 0 Å². The third-order valence-corrected chi connectivity index (χ3v) is 7.87. The lowest BCUT2D eigenvalue weighted by molar-refractivity contribution is 0.102. The number of thioether (sulfide) groups is 1. The Hall–Kier alpha value is -2.22. The number of carbonyl (C=O) groups excluding carboxylic acids is 1. The van der Waals surface area contributed by atoms with Crippen molar-refractivity contribution in [3.8, 4) is 5.69 Å². The lowest BCUT2D eigenvalue weighted by Gasteiger charge is -2.12. The van der Waals surface area contributed by atoms with Gasteiger partial charge in [0.05, 0.1) is 16.8 Å². The van der Waals surface area contributed by atoms with E-state index < -0.39 is 0 Å². The molecule has 5 rings (SSSR count). The molecule has 0 unspecified atom stereocenters. The van der Waals surface area contributed by atoms with Gasteiger partial charge in [-0.2, -0.15) is 0 Å². The first-order valence-electron chi connectivity index (χ1n) is 9.66. The standard InChI is InChI=1S/C23H17BrN2O2S2/c24-15-11-9-14(10-12-15)18(27)13-29-23-25-21-20(17-7-4-8-19(17)30-21)22(28)26(23)16-5-2-1-3-6-16/h1-3,5-6,9-12H,4,7-8,13H2. The molecule has 0 saturated heterocycles. The third-order valence-electron chi connectivity index (χ3n) is 5.22. The summed E-state index contributed by atoms with van der Waals surface area (Å²) in [7, 11) is 0. The van der Waals surface area contributed by atoms with E-state index in [0.717, 1.165) is 39.6 Å². The van der Waals surface area contributed by atoms with Gasteiger partial charge in [0, 0.05) is 14.9 Å². The second-order valence-electron chi connectivity index (χ2n) is 7.13. The minimum absolute atomic E-state index is 0.00938. The molecular formula is C23H17BrN2O2S2. The number of Topliss-reactive ketones (excluding diaryl/α,β-unsaturated/α-hetero) is 1. The molecule has 0 spiro atoms. The molecule has 7 heteroatoms. The molecule has 0 saturated carbocycles. The summed E-state index contributed by atoms with van der Waals surface area (Å²) in [6, 6.07) is 16.9. The van der Waals surface area contributed by atoms with E-state index in [1.807, 2.05) is 42.5 Å².